The number of amides is 1. The minimum atomic E-state index is -0.895. The van der Waals surface area contributed by atoms with Gasteiger partial charge in [-0.2, -0.15) is 4.68 Å². The molecule has 31 heavy (non-hydrogen) atoms. The second-order valence-corrected chi connectivity index (χ2v) is 6.85. The number of anilines is 1. The maximum absolute atomic E-state index is 12.7. The van der Waals surface area contributed by atoms with Crippen LogP contribution in [0.2, 0.25) is 0 Å². The molecule has 1 atom stereocenters. The smallest absolute Gasteiger partial charge is 0.390 e. The van der Waals surface area contributed by atoms with Gasteiger partial charge in [0.15, 0.2) is 0 Å². The molecule has 0 radical (unpaired) electrons. The third-order valence-corrected chi connectivity index (χ3v) is 4.53. The Kier molecular flexibility index (Phi) is 5.95. The highest BCUT2D eigenvalue weighted by Gasteiger charge is 2.25. The fourth-order valence-electron chi connectivity index (χ4n) is 2.93. The van der Waals surface area contributed by atoms with Crippen molar-refractivity contribution in [2.45, 2.75) is 26.8 Å². The molecule has 11 heteroatoms. The molecule has 0 bridgehead atoms. The molecular formula is C20H19N5O6. The van der Waals surface area contributed by atoms with E-state index < -0.39 is 21.8 Å². The number of para-hydroxylation sites is 1. The molecule has 0 fully saturated rings. The number of nitro groups is 2. The molecule has 0 aliphatic rings. The number of nitrogens with zero attached hydrogens (tertiary/aromatic N) is 4. The molecule has 1 aromatic heterocycles. The van der Waals surface area contributed by atoms with Crippen LogP contribution in [0.3, 0.4) is 0 Å². The molecule has 1 amide bonds. The molecule has 3 aromatic rings. The van der Waals surface area contributed by atoms with E-state index in [1.165, 1.54) is 35.9 Å². The van der Waals surface area contributed by atoms with Gasteiger partial charge in [0.25, 0.3) is 11.6 Å². The topological polar surface area (TPSA) is 142 Å². The molecule has 2 aromatic carbocycles. The average Bonchev–Trinajstić information content (AvgIpc) is 3.11. The van der Waals surface area contributed by atoms with Crippen molar-refractivity contribution in [1.82, 2.24) is 9.78 Å². The molecule has 11 nitrogen and oxygen atoms in total. The Morgan fingerprint density at radius 1 is 1.10 bits per heavy atom. The number of carbonyl (C=O) groups excluding carboxylic acids is 1. The summed E-state index contributed by atoms with van der Waals surface area (Å²) in [7, 11) is 0. The highest BCUT2D eigenvalue weighted by Crippen LogP contribution is 2.31. The van der Waals surface area contributed by atoms with Gasteiger partial charge in [0, 0.05) is 12.1 Å². The van der Waals surface area contributed by atoms with Gasteiger partial charge in [-0.05, 0) is 37.3 Å². The molecule has 0 saturated carbocycles. The average molecular weight is 425 g/mol. The Balaban J connectivity index is 1.87. The fraction of sp³-hybridized carbons (Fsp3) is 0.200. The second-order valence-electron chi connectivity index (χ2n) is 6.85. The normalized spacial score (nSPS) is 11.6. The molecule has 0 saturated heterocycles. The molecular weight excluding hydrogens is 406 g/mol. The van der Waals surface area contributed by atoms with E-state index in [-0.39, 0.29) is 22.9 Å². The van der Waals surface area contributed by atoms with Crippen LogP contribution in [0.15, 0.2) is 48.5 Å². The highest BCUT2D eigenvalue weighted by atomic mass is 16.6. The van der Waals surface area contributed by atoms with Crippen molar-refractivity contribution < 1.29 is 19.4 Å². The van der Waals surface area contributed by atoms with Gasteiger partial charge >= 0.3 is 5.82 Å². The summed E-state index contributed by atoms with van der Waals surface area (Å²) < 4.78 is 6.99. The van der Waals surface area contributed by atoms with E-state index in [4.69, 9.17) is 4.74 Å². The van der Waals surface area contributed by atoms with Gasteiger partial charge in [-0.1, -0.05) is 18.2 Å². The summed E-state index contributed by atoms with van der Waals surface area (Å²) in [4.78, 5) is 33.7. The first-order valence-electron chi connectivity index (χ1n) is 9.20. The van der Waals surface area contributed by atoms with Gasteiger partial charge in [0.2, 0.25) is 0 Å². The molecule has 0 aliphatic carbocycles. The standard InChI is InChI=1S/C20H19N5O6/c1-12-6-4-5-7-18(12)31-17-10-15(9-16(11-17)24(27)28)21-20(26)14(3)23-13(2)8-19(22-23)25(29)30/h4-11,14H,1-3H3,(H,21,26). The lowest BCUT2D eigenvalue weighted by molar-refractivity contribution is -0.389. The summed E-state index contributed by atoms with van der Waals surface area (Å²) in [5.74, 6) is -0.227. The fourth-order valence-corrected chi connectivity index (χ4v) is 2.93. The molecule has 1 unspecified atom stereocenters. The maximum Gasteiger partial charge on any atom is 0.390 e. The Bertz CT molecular complexity index is 1170. The number of hydrogen-bond acceptors (Lipinski definition) is 7. The predicted molar refractivity (Wildman–Crippen MR) is 111 cm³/mol. The number of nitro benzene ring substituents is 1. The summed E-state index contributed by atoms with van der Waals surface area (Å²) in [5.41, 5.74) is 1.15. The van der Waals surface area contributed by atoms with Crippen molar-refractivity contribution in [3.63, 3.8) is 0 Å². The number of carbonyl (C=O) groups is 1. The number of ether oxygens (including phenoxy) is 1. The van der Waals surface area contributed by atoms with E-state index in [2.05, 4.69) is 10.4 Å². The van der Waals surface area contributed by atoms with Crippen molar-refractivity contribution in [2.75, 3.05) is 5.32 Å². The Morgan fingerprint density at radius 2 is 1.81 bits per heavy atom. The third kappa shape index (κ3) is 4.83. The molecule has 160 valence electrons. The van der Waals surface area contributed by atoms with Crippen molar-refractivity contribution in [3.8, 4) is 11.5 Å². The first-order chi connectivity index (χ1) is 14.7. The zero-order valence-corrected chi connectivity index (χ0v) is 16.9. The van der Waals surface area contributed by atoms with Crippen molar-refractivity contribution in [2.24, 2.45) is 0 Å². The van der Waals surface area contributed by atoms with E-state index in [0.717, 1.165) is 5.56 Å². The van der Waals surface area contributed by atoms with Crippen LogP contribution in [0, 0.1) is 34.1 Å². The van der Waals surface area contributed by atoms with Crippen molar-refractivity contribution >= 4 is 23.1 Å². The lowest BCUT2D eigenvalue weighted by atomic mass is 10.2. The van der Waals surface area contributed by atoms with Gasteiger partial charge in [-0.3, -0.25) is 14.9 Å². The maximum atomic E-state index is 12.7. The summed E-state index contributed by atoms with van der Waals surface area (Å²) >= 11 is 0. The largest absolute Gasteiger partial charge is 0.457 e. The number of aromatic nitrogens is 2. The van der Waals surface area contributed by atoms with E-state index in [0.29, 0.717) is 11.4 Å². The van der Waals surface area contributed by atoms with Crippen LogP contribution in [-0.2, 0) is 4.79 Å². The lowest BCUT2D eigenvalue weighted by Gasteiger charge is -2.13. The minimum Gasteiger partial charge on any atom is -0.457 e. The summed E-state index contributed by atoms with van der Waals surface area (Å²) in [6, 6.07) is 11.5. The van der Waals surface area contributed by atoms with Crippen molar-refractivity contribution in [3.05, 3.63) is 80.0 Å². The Morgan fingerprint density at radius 3 is 2.42 bits per heavy atom. The van der Waals surface area contributed by atoms with E-state index in [1.54, 1.807) is 19.1 Å². The quantitative estimate of drug-likeness (QED) is 0.439. The first-order valence-corrected chi connectivity index (χ1v) is 9.20. The lowest BCUT2D eigenvalue weighted by Crippen LogP contribution is -2.25. The van der Waals surface area contributed by atoms with Gasteiger partial charge in [-0.15, -0.1) is 0 Å². The van der Waals surface area contributed by atoms with Gasteiger partial charge in [0.1, 0.15) is 17.5 Å². The summed E-state index contributed by atoms with van der Waals surface area (Å²) in [6.45, 7) is 4.94. The number of nitrogens with one attached hydrogen (secondary N) is 1. The minimum absolute atomic E-state index is 0.147. The van der Waals surface area contributed by atoms with Crippen LogP contribution in [0.25, 0.3) is 0 Å². The number of hydrogen-bond donors (Lipinski definition) is 1. The molecule has 1 N–H and O–H groups in total. The van der Waals surface area contributed by atoms with E-state index in [9.17, 15) is 25.0 Å². The van der Waals surface area contributed by atoms with Gasteiger partial charge in [0.05, 0.1) is 33.5 Å². The van der Waals surface area contributed by atoms with Crippen molar-refractivity contribution in [1.29, 1.82) is 0 Å². The zero-order valence-electron chi connectivity index (χ0n) is 16.9. The number of rotatable bonds is 7. The third-order valence-electron chi connectivity index (χ3n) is 4.53. The first kappa shape index (κ1) is 21.4. The van der Waals surface area contributed by atoms with E-state index in [1.807, 2.05) is 19.1 Å². The SMILES string of the molecule is Cc1ccccc1Oc1cc(NC(=O)C(C)n2nc([N+](=O)[O-])cc2C)cc([N+](=O)[O-])c1. The van der Waals surface area contributed by atoms with Crippen LogP contribution < -0.4 is 10.1 Å². The van der Waals surface area contributed by atoms with Crippen LogP contribution in [-0.4, -0.2) is 25.5 Å². The van der Waals surface area contributed by atoms with Crippen LogP contribution in [0.1, 0.15) is 24.2 Å². The van der Waals surface area contributed by atoms with Crippen LogP contribution in [0.4, 0.5) is 17.2 Å². The Labute approximate surface area is 176 Å². The predicted octanol–water partition coefficient (Wildman–Crippen LogP) is 4.31. The zero-order chi connectivity index (χ0) is 22.7. The molecule has 0 aliphatic heterocycles. The van der Waals surface area contributed by atoms with E-state index >= 15 is 0 Å². The molecule has 0 spiro atoms. The van der Waals surface area contributed by atoms with Gasteiger partial charge in [-0.25, -0.2) is 0 Å². The number of non-ortho nitro benzene ring substituents is 1. The molecule has 1 heterocycles. The summed E-state index contributed by atoms with van der Waals surface area (Å²) in [5, 5.41) is 28.7. The van der Waals surface area contributed by atoms with Crippen LogP contribution >= 0.6 is 0 Å². The van der Waals surface area contributed by atoms with Gasteiger partial charge < -0.3 is 20.2 Å². The second kappa shape index (κ2) is 8.61. The number of benzene rings is 2. The highest BCUT2D eigenvalue weighted by molar-refractivity contribution is 5.94. The summed E-state index contributed by atoms with van der Waals surface area (Å²) in [6.07, 6.45) is 0. The monoisotopic (exact) mass is 425 g/mol. The molecule has 3 rings (SSSR count). The van der Waals surface area contributed by atoms with Crippen LogP contribution in [0.5, 0.6) is 11.5 Å². The Hall–Kier alpha value is -4.28. The number of aryl methyl sites for hydroxylation is 2.